The maximum Gasteiger partial charge on any atom is 0.318 e. The van der Waals surface area contributed by atoms with Gasteiger partial charge in [0.25, 0.3) is 0 Å². The number of anilines is 1. The molecule has 0 radical (unpaired) electrons. The summed E-state index contributed by atoms with van der Waals surface area (Å²) in [6, 6.07) is 7.16. The Hall–Kier alpha value is -1.51. The predicted molar refractivity (Wildman–Crippen MR) is 49.2 cm³/mol. The van der Waals surface area contributed by atoms with Crippen molar-refractivity contribution in [3.05, 3.63) is 29.8 Å². The molecule has 0 aliphatic rings. The molecule has 2 amide bonds. The van der Waals surface area contributed by atoms with Crippen LogP contribution in [0.5, 0.6) is 0 Å². The predicted octanol–water partition coefficient (Wildman–Crippen LogP) is 1.51. The third-order valence-corrected chi connectivity index (χ3v) is 1.75. The van der Waals surface area contributed by atoms with Crippen LogP contribution in [0.15, 0.2) is 24.3 Å². The van der Waals surface area contributed by atoms with Gasteiger partial charge in [0.05, 0.1) is 0 Å². The smallest absolute Gasteiger partial charge is 0.318 e. The van der Waals surface area contributed by atoms with E-state index in [0.29, 0.717) is 0 Å². The van der Waals surface area contributed by atoms with Crippen molar-refractivity contribution < 1.29 is 4.79 Å². The molecule has 0 aliphatic heterocycles. The fourth-order valence-electron chi connectivity index (χ4n) is 0.896. The minimum absolute atomic E-state index is 0.446. The number of carbonyl (C=O) groups is 1. The second kappa shape index (κ2) is 3.26. The summed E-state index contributed by atoms with van der Waals surface area (Å²) in [6.45, 7) is 1.99. The summed E-state index contributed by atoms with van der Waals surface area (Å²) in [5.41, 5.74) is 7.07. The lowest BCUT2D eigenvalue weighted by molar-refractivity contribution is 0.255. The molecule has 0 unspecified atom stereocenters. The summed E-state index contributed by atoms with van der Waals surface area (Å²) in [5, 5.41) is 0. The largest absolute Gasteiger partial charge is 0.351 e. The Kier molecular flexibility index (Phi) is 2.33. The van der Waals surface area contributed by atoms with E-state index in [-0.39, 0.29) is 0 Å². The van der Waals surface area contributed by atoms with Gasteiger partial charge >= 0.3 is 6.03 Å². The van der Waals surface area contributed by atoms with Gasteiger partial charge in [-0.05, 0) is 19.1 Å². The van der Waals surface area contributed by atoms with Gasteiger partial charge in [-0.25, -0.2) is 4.79 Å². The van der Waals surface area contributed by atoms with Gasteiger partial charge in [0, 0.05) is 12.7 Å². The molecule has 3 heteroatoms. The summed E-state index contributed by atoms with van der Waals surface area (Å²) in [4.78, 5) is 12.1. The van der Waals surface area contributed by atoms with Crippen molar-refractivity contribution in [2.75, 3.05) is 11.9 Å². The van der Waals surface area contributed by atoms with Gasteiger partial charge in [-0.2, -0.15) is 0 Å². The van der Waals surface area contributed by atoms with E-state index in [2.05, 4.69) is 0 Å². The van der Waals surface area contributed by atoms with Crippen molar-refractivity contribution in [3.8, 4) is 0 Å². The number of carbonyl (C=O) groups excluding carboxylic acids is 1. The average Bonchev–Trinajstić information content (AvgIpc) is 2.04. The quantitative estimate of drug-likeness (QED) is 0.671. The van der Waals surface area contributed by atoms with Crippen LogP contribution in [-0.2, 0) is 0 Å². The molecular weight excluding hydrogens is 152 g/mol. The minimum atomic E-state index is -0.446. The fourth-order valence-corrected chi connectivity index (χ4v) is 0.896. The standard InChI is InChI=1S/C9H12N2O/c1-7-3-5-8(6-4-7)11(2)9(10)12/h3-6H,1-2H3,(H2,10,12). The second-order valence-electron chi connectivity index (χ2n) is 2.73. The summed E-state index contributed by atoms with van der Waals surface area (Å²) in [7, 11) is 1.65. The van der Waals surface area contributed by atoms with E-state index >= 15 is 0 Å². The number of hydrogen-bond acceptors (Lipinski definition) is 1. The number of nitrogens with zero attached hydrogens (tertiary/aromatic N) is 1. The molecule has 0 bridgehead atoms. The van der Waals surface area contributed by atoms with Crippen LogP contribution < -0.4 is 10.6 Å². The Labute approximate surface area is 71.8 Å². The van der Waals surface area contributed by atoms with Gasteiger partial charge in [-0.3, -0.25) is 4.90 Å². The van der Waals surface area contributed by atoms with Crippen LogP contribution in [0, 0.1) is 6.92 Å². The Bertz CT molecular complexity index is 279. The normalized spacial score (nSPS) is 9.50. The van der Waals surface area contributed by atoms with E-state index in [1.807, 2.05) is 31.2 Å². The van der Waals surface area contributed by atoms with Crippen molar-refractivity contribution in [3.63, 3.8) is 0 Å². The van der Waals surface area contributed by atoms with E-state index < -0.39 is 6.03 Å². The van der Waals surface area contributed by atoms with E-state index in [4.69, 9.17) is 5.73 Å². The van der Waals surface area contributed by atoms with E-state index in [9.17, 15) is 4.79 Å². The van der Waals surface area contributed by atoms with Crippen molar-refractivity contribution >= 4 is 11.7 Å². The number of amides is 2. The van der Waals surface area contributed by atoms with Gasteiger partial charge in [0.1, 0.15) is 0 Å². The van der Waals surface area contributed by atoms with Crippen LogP contribution in [0.2, 0.25) is 0 Å². The molecule has 0 saturated carbocycles. The molecule has 0 spiro atoms. The van der Waals surface area contributed by atoms with Crippen LogP contribution in [-0.4, -0.2) is 13.1 Å². The lowest BCUT2D eigenvalue weighted by atomic mass is 10.2. The highest BCUT2D eigenvalue weighted by Crippen LogP contribution is 2.12. The molecule has 64 valence electrons. The molecular formula is C9H12N2O. The van der Waals surface area contributed by atoms with Crippen LogP contribution >= 0.6 is 0 Å². The second-order valence-corrected chi connectivity index (χ2v) is 2.73. The highest BCUT2D eigenvalue weighted by Gasteiger charge is 2.04. The van der Waals surface area contributed by atoms with Crippen LogP contribution in [0.4, 0.5) is 10.5 Å². The highest BCUT2D eigenvalue weighted by atomic mass is 16.2. The Morgan fingerprint density at radius 2 is 1.83 bits per heavy atom. The zero-order valence-corrected chi connectivity index (χ0v) is 7.24. The van der Waals surface area contributed by atoms with E-state index in [1.165, 1.54) is 4.90 Å². The summed E-state index contributed by atoms with van der Waals surface area (Å²) < 4.78 is 0. The first kappa shape index (κ1) is 8.59. The number of benzene rings is 1. The summed E-state index contributed by atoms with van der Waals surface area (Å²) in [6.07, 6.45) is 0. The maximum atomic E-state index is 10.7. The van der Waals surface area contributed by atoms with Gasteiger partial charge < -0.3 is 5.73 Å². The molecule has 0 aliphatic carbocycles. The Morgan fingerprint density at radius 1 is 1.33 bits per heavy atom. The zero-order chi connectivity index (χ0) is 9.14. The lowest BCUT2D eigenvalue weighted by Crippen LogP contribution is -2.31. The van der Waals surface area contributed by atoms with Crippen LogP contribution in [0.3, 0.4) is 0 Å². The molecule has 3 nitrogen and oxygen atoms in total. The molecule has 0 aromatic heterocycles. The van der Waals surface area contributed by atoms with E-state index in [0.717, 1.165) is 11.3 Å². The minimum Gasteiger partial charge on any atom is -0.351 e. The number of aryl methyl sites for hydroxylation is 1. The molecule has 12 heavy (non-hydrogen) atoms. The molecule has 0 atom stereocenters. The number of primary amides is 1. The molecule has 0 heterocycles. The number of rotatable bonds is 1. The third kappa shape index (κ3) is 1.75. The number of urea groups is 1. The van der Waals surface area contributed by atoms with Crippen LogP contribution in [0.1, 0.15) is 5.56 Å². The van der Waals surface area contributed by atoms with E-state index in [1.54, 1.807) is 7.05 Å². The van der Waals surface area contributed by atoms with Crippen molar-refractivity contribution in [2.45, 2.75) is 6.92 Å². The van der Waals surface area contributed by atoms with Crippen molar-refractivity contribution in [2.24, 2.45) is 5.73 Å². The zero-order valence-electron chi connectivity index (χ0n) is 7.24. The average molecular weight is 164 g/mol. The third-order valence-electron chi connectivity index (χ3n) is 1.75. The van der Waals surface area contributed by atoms with Gasteiger partial charge in [0.2, 0.25) is 0 Å². The lowest BCUT2D eigenvalue weighted by Gasteiger charge is -2.13. The first-order chi connectivity index (χ1) is 5.61. The Morgan fingerprint density at radius 3 is 2.25 bits per heavy atom. The molecule has 1 rings (SSSR count). The first-order valence-corrected chi connectivity index (χ1v) is 3.71. The summed E-state index contributed by atoms with van der Waals surface area (Å²) in [5.74, 6) is 0. The molecule has 1 aromatic rings. The highest BCUT2D eigenvalue weighted by molar-refractivity contribution is 5.89. The molecule has 0 saturated heterocycles. The molecule has 2 N–H and O–H groups in total. The number of hydrogen-bond donors (Lipinski definition) is 1. The maximum absolute atomic E-state index is 10.7. The van der Waals surface area contributed by atoms with Gasteiger partial charge in [0.15, 0.2) is 0 Å². The Balaban J connectivity index is 2.89. The topological polar surface area (TPSA) is 46.3 Å². The number of nitrogens with two attached hydrogens (primary N) is 1. The van der Waals surface area contributed by atoms with Crippen molar-refractivity contribution in [1.82, 2.24) is 0 Å². The molecule has 1 aromatic carbocycles. The monoisotopic (exact) mass is 164 g/mol. The van der Waals surface area contributed by atoms with Gasteiger partial charge in [-0.1, -0.05) is 17.7 Å². The SMILES string of the molecule is Cc1ccc(N(C)C(N)=O)cc1. The fraction of sp³-hybridized carbons (Fsp3) is 0.222. The first-order valence-electron chi connectivity index (χ1n) is 3.71. The van der Waals surface area contributed by atoms with Crippen molar-refractivity contribution in [1.29, 1.82) is 0 Å². The summed E-state index contributed by atoms with van der Waals surface area (Å²) >= 11 is 0. The molecule has 0 fully saturated rings. The van der Waals surface area contributed by atoms with Crippen LogP contribution in [0.25, 0.3) is 0 Å². The van der Waals surface area contributed by atoms with Gasteiger partial charge in [-0.15, -0.1) is 0 Å².